The molecule has 0 unspecified atom stereocenters. The maximum atomic E-state index is 12.6. The summed E-state index contributed by atoms with van der Waals surface area (Å²) in [6, 6.07) is 11.5. The number of hydrogen-bond acceptors (Lipinski definition) is 9. The molecule has 6 nitrogen and oxygen atoms in total. The van der Waals surface area contributed by atoms with Gasteiger partial charge in [0.1, 0.15) is 4.32 Å². The number of nitrogens with zero attached hydrogens (tertiary/aromatic N) is 3. The monoisotopic (exact) mass is 552 g/mol. The summed E-state index contributed by atoms with van der Waals surface area (Å²) < 4.78 is 1.30. The first-order valence-electron chi connectivity index (χ1n) is 9.77. The third-order valence-corrected chi connectivity index (χ3v) is 8.90. The van der Waals surface area contributed by atoms with Crippen LogP contribution in [0.15, 0.2) is 51.0 Å². The van der Waals surface area contributed by atoms with E-state index < -0.39 is 0 Å². The molecule has 2 amide bonds. The van der Waals surface area contributed by atoms with Crippen LogP contribution in [0, 0.1) is 0 Å². The van der Waals surface area contributed by atoms with Gasteiger partial charge in [-0.3, -0.25) is 14.5 Å². The Labute approximate surface area is 217 Å². The van der Waals surface area contributed by atoms with E-state index in [4.69, 9.17) is 23.8 Å². The van der Waals surface area contributed by atoms with Crippen LogP contribution >= 0.6 is 70.0 Å². The van der Waals surface area contributed by atoms with Gasteiger partial charge in [-0.2, -0.15) is 0 Å². The molecule has 3 aromatic rings. The quantitative estimate of drug-likeness (QED) is 0.147. The van der Waals surface area contributed by atoms with Crippen LogP contribution in [0.5, 0.6) is 0 Å². The lowest BCUT2D eigenvalue weighted by Gasteiger charge is -2.13. The maximum absolute atomic E-state index is 12.6. The number of aromatic nitrogens is 2. The van der Waals surface area contributed by atoms with Crippen LogP contribution in [0.25, 0.3) is 6.08 Å². The number of hydrogen-bond donors (Lipinski definition) is 1. The Morgan fingerprint density at radius 3 is 2.82 bits per heavy atom. The Morgan fingerprint density at radius 1 is 1.24 bits per heavy atom. The highest BCUT2D eigenvalue weighted by molar-refractivity contribution is 8.26. The first-order valence-corrected chi connectivity index (χ1v) is 14.1. The van der Waals surface area contributed by atoms with Crippen molar-refractivity contribution < 1.29 is 9.59 Å². The van der Waals surface area contributed by atoms with Crippen LogP contribution in [0.1, 0.15) is 23.3 Å². The number of carbonyl (C=O) groups is 2. The molecule has 1 saturated heterocycles. The second kappa shape index (κ2) is 11.6. The molecule has 4 rings (SSSR count). The summed E-state index contributed by atoms with van der Waals surface area (Å²) in [7, 11) is 0. The molecule has 1 aliphatic heterocycles. The van der Waals surface area contributed by atoms with Gasteiger partial charge < -0.3 is 5.32 Å². The number of thiophene rings is 1. The number of anilines is 1. The fourth-order valence-corrected chi connectivity index (χ4v) is 6.70. The van der Waals surface area contributed by atoms with Gasteiger partial charge in [-0.15, -0.1) is 21.5 Å². The maximum Gasteiger partial charge on any atom is 0.266 e. The van der Waals surface area contributed by atoms with E-state index in [1.807, 2.05) is 47.9 Å². The van der Waals surface area contributed by atoms with Crippen LogP contribution in [0.2, 0.25) is 5.02 Å². The van der Waals surface area contributed by atoms with Gasteiger partial charge in [-0.1, -0.05) is 76.9 Å². The number of benzene rings is 1. The number of thioether (sulfide) groups is 2. The Morgan fingerprint density at radius 2 is 2.06 bits per heavy atom. The summed E-state index contributed by atoms with van der Waals surface area (Å²) in [6.45, 7) is 0.401. The predicted molar refractivity (Wildman–Crippen MR) is 143 cm³/mol. The van der Waals surface area contributed by atoms with E-state index in [0.29, 0.717) is 32.3 Å². The average Bonchev–Trinajstić information content (AvgIpc) is 3.52. The third-order valence-electron chi connectivity index (χ3n) is 4.40. The minimum Gasteiger partial charge on any atom is -0.301 e. The molecule has 1 aliphatic rings. The summed E-state index contributed by atoms with van der Waals surface area (Å²) in [6.07, 6.45) is 2.62. The molecule has 0 radical (unpaired) electrons. The minimum atomic E-state index is -0.167. The van der Waals surface area contributed by atoms with Gasteiger partial charge in [0.25, 0.3) is 5.91 Å². The fourth-order valence-electron chi connectivity index (χ4n) is 2.82. The topological polar surface area (TPSA) is 75.2 Å². The predicted octanol–water partition coefficient (Wildman–Crippen LogP) is 6.17. The number of rotatable bonds is 9. The molecule has 0 bridgehead atoms. The molecule has 1 N–H and O–H groups in total. The van der Waals surface area contributed by atoms with E-state index in [9.17, 15) is 9.59 Å². The number of carbonyl (C=O) groups excluding carboxylic acids is 2. The van der Waals surface area contributed by atoms with E-state index in [0.717, 1.165) is 20.5 Å². The lowest BCUT2D eigenvalue weighted by atomic mass is 10.2. The van der Waals surface area contributed by atoms with Crippen LogP contribution in [0.4, 0.5) is 5.13 Å². The normalized spacial score (nSPS) is 14.9. The summed E-state index contributed by atoms with van der Waals surface area (Å²) >= 11 is 17.0. The Kier molecular flexibility index (Phi) is 8.55. The second-order valence-electron chi connectivity index (χ2n) is 6.79. The lowest BCUT2D eigenvalue weighted by Crippen LogP contribution is -2.29. The largest absolute Gasteiger partial charge is 0.301 e. The summed E-state index contributed by atoms with van der Waals surface area (Å²) in [5.74, 6) is 0.468. The van der Waals surface area contributed by atoms with Crippen molar-refractivity contribution in [2.24, 2.45) is 0 Å². The van der Waals surface area contributed by atoms with Crippen molar-refractivity contribution in [1.82, 2.24) is 15.1 Å². The molecule has 1 fully saturated rings. The van der Waals surface area contributed by atoms with Crippen molar-refractivity contribution in [3.8, 4) is 0 Å². The number of halogens is 1. The minimum absolute atomic E-state index is 0.106. The van der Waals surface area contributed by atoms with Crippen molar-refractivity contribution in [3.63, 3.8) is 0 Å². The van der Waals surface area contributed by atoms with E-state index in [-0.39, 0.29) is 18.2 Å². The van der Waals surface area contributed by atoms with Crippen molar-refractivity contribution >= 4 is 97.4 Å². The number of amides is 2. The summed E-state index contributed by atoms with van der Waals surface area (Å²) in [4.78, 5) is 28.1. The van der Waals surface area contributed by atoms with Gasteiger partial charge in [0.05, 0.1) is 4.91 Å². The van der Waals surface area contributed by atoms with Crippen molar-refractivity contribution in [3.05, 3.63) is 62.1 Å². The molecule has 0 aliphatic carbocycles. The standard InChI is InChI=1S/C21H17ClN4O2S5/c22-14-7-5-13(6-8-14)12-31-20-25-24-19(33-20)23-17(27)4-1-9-26-18(28)16(32-21(26)29)11-15-3-2-10-30-15/h2-3,5-8,10-11H,1,4,9,12H2,(H,23,24,27)/b16-11-. The lowest BCUT2D eigenvalue weighted by molar-refractivity contribution is -0.122. The molecule has 2 aromatic heterocycles. The van der Waals surface area contributed by atoms with Gasteiger partial charge in [0, 0.05) is 28.6 Å². The van der Waals surface area contributed by atoms with Crippen LogP contribution in [0.3, 0.4) is 0 Å². The van der Waals surface area contributed by atoms with Crippen molar-refractivity contribution in [2.45, 2.75) is 22.9 Å². The molecule has 33 heavy (non-hydrogen) atoms. The molecule has 170 valence electrons. The highest BCUT2D eigenvalue weighted by atomic mass is 35.5. The van der Waals surface area contributed by atoms with Gasteiger partial charge in [0.2, 0.25) is 11.0 Å². The van der Waals surface area contributed by atoms with Crippen LogP contribution < -0.4 is 5.32 Å². The molecule has 12 heteroatoms. The van der Waals surface area contributed by atoms with E-state index >= 15 is 0 Å². The highest BCUT2D eigenvalue weighted by Gasteiger charge is 2.31. The smallest absolute Gasteiger partial charge is 0.266 e. The van der Waals surface area contributed by atoms with Gasteiger partial charge in [-0.25, -0.2) is 0 Å². The number of nitrogens with one attached hydrogen (secondary N) is 1. The first kappa shape index (κ1) is 24.4. The molecule has 0 atom stereocenters. The van der Waals surface area contributed by atoms with Gasteiger partial charge in [-0.05, 0) is 41.6 Å². The fraction of sp³-hybridized carbons (Fsp3) is 0.190. The SMILES string of the molecule is O=C(CCCN1C(=O)/C(=C/c2cccs2)SC1=S)Nc1nnc(SCc2ccc(Cl)cc2)s1. The number of thiocarbonyl (C=S) groups is 1. The van der Waals surface area contributed by atoms with Crippen molar-refractivity contribution in [2.75, 3.05) is 11.9 Å². The Bertz CT molecular complexity index is 1180. The zero-order chi connectivity index (χ0) is 23.2. The molecule has 0 spiro atoms. The zero-order valence-corrected chi connectivity index (χ0v) is 21.9. The Hall–Kier alpha value is -1.76. The van der Waals surface area contributed by atoms with Crippen LogP contribution in [-0.4, -0.2) is 37.8 Å². The van der Waals surface area contributed by atoms with Gasteiger partial charge in [0.15, 0.2) is 4.34 Å². The summed E-state index contributed by atoms with van der Waals surface area (Å²) in [5, 5.41) is 14.1. The molecule has 3 heterocycles. The first-order chi connectivity index (χ1) is 16.0. The molecular weight excluding hydrogens is 536 g/mol. The Balaban J connectivity index is 1.21. The summed E-state index contributed by atoms with van der Waals surface area (Å²) in [5.41, 5.74) is 1.13. The third kappa shape index (κ3) is 6.87. The van der Waals surface area contributed by atoms with E-state index in [1.165, 1.54) is 23.1 Å². The van der Waals surface area contributed by atoms with Crippen molar-refractivity contribution in [1.29, 1.82) is 0 Å². The average molecular weight is 553 g/mol. The molecule has 0 saturated carbocycles. The van der Waals surface area contributed by atoms with E-state index in [1.54, 1.807) is 28.0 Å². The van der Waals surface area contributed by atoms with E-state index in [2.05, 4.69) is 15.5 Å². The molecular formula is C21H17ClN4O2S5. The second-order valence-corrected chi connectivity index (χ2v) is 12.1. The highest BCUT2D eigenvalue weighted by Crippen LogP contribution is 2.33. The molecule has 1 aromatic carbocycles. The van der Waals surface area contributed by atoms with Gasteiger partial charge >= 0.3 is 0 Å². The van der Waals surface area contributed by atoms with Crippen LogP contribution in [-0.2, 0) is 15.3 Å². The zero-order valence-electron chi connectivity index (χ0n) is 17.0.